The predicted molar refractivity (Wildman–Crippen MR) is 120 cm³/mol. The van der Waals surface area contributed by atoms with Crippen molar-refractivity contribution in [3.05, 3.63) is 30.2 Å². The minimum absolute atomic E-state index is 0.0694. The SMILES string of the molecule is CC1(C)Cc2c(-c3ccnc(NC(=O)C4CCCC(NC(=O)C5(O)CC5)C4)c3)cnn2C1. The fourth-order valence-corrected chi connectivity index (χ4v) is 5.01. The molecule has 0 saturated heterocycles. The van der Waals surface area contributed by atoms with Crippen LogP contribution in [0.3, 0.4) is 0 Å². The summed E-state index contributed by atoms with van der Waals surface area (Å²) in [5.41, 5.74) is 2.34. The molecule has 0 bridgehead atoms. The van der Waals surface area contributed by atoms with E-state index in [2.05, 4.69) is 39.2 Å². The largest absolute Gasteiger partial charge is 0.380 e. The molecule has 2 amide bonds. The van der Waals surface area contributed by atoms with Gasteiger partial charge in [0.25, 0.3) is 5.91 Å². The molecule has 3 N–H and O–H groups in total. The molecule has 2 unspecified atom stereocenters. The molecule has 2 aromatic heterocycles. The Labute approximate surface area is 187 Å². The van der Waals surface area contributed by atoms with Crippen molar-refractivity contribution in [2.24, 2.45) is 11.3 Å². The number of carbonyl (C=O) groups excluding carboxylic acids is 2. The smallest absolute Gasteiger partial charge is 0.252 e. The van der Waals surface area contributed by atoms with Gasteiger partial charge in [0.15, 0.2) is 0 Å². The quantitative estimate of drug-likeness (QED) is 0.666. The second kappa shape index (κ2) is 7.69. The molecule has 2 aliphatic carbocycles. The molecule has 32 heavy (non-hydrogen) atoms. The van der Waals surface area contributed by atoms with Gasteiger partial charge in [0.1, 0.15) is 11.4 Å². The number of rotatable bonds is 5. The number of nitrogens with one attached hydrogen (secondary N) is 2. The maximum Gasteiger partial charge on any atom is 0.252 e. The van der Waals surface area contributed by atoms with E-state index in [9.17, 15) is 14.7 Å². The monoisotopic (exact) mass is 437 g/mol. The van der Waals surface area contributed by atoms with Crippen LogP contribution in [0.25, 0.3) is 11.1 Å². The molecule has 3 heterocycles. The highest BCUT2D eigenvalue weighted by atomic mass is 16.3. The van der Waals surface area contributed by atoms with Gasteiger partial charge in [-0.25, -0.2) is 4.98 Å². The summed E-state index contributed by atoms with van der Waals surface area (Å²) in [5, 5.41) is 20.4. The number of anilines is 1. The summed E-state index contributed by atoms with van der Waals surface area (Å²) in [7, 11) is 0. The first-order valence-corrected chi connectivity index (χ1v) is 11.6. The summed E-state index contributed by atoms with van der Waals surface area (Å²) in [6, 6.07) is 3.79. The lowest BCUT2D eigenvalue weighted by atomic mass is 9.85. The topological polar surface area (TPSA) is 109 Å². The van der Waals surface area contributed by atoms with E-state index in [0.717, 1.165) is 43.4 Å². The summed E-state index contributed by atoms with van der Waals surface area (Å²) in [4.78, 5) is 29.5. The summed E-state index contributed by atoms with van der Waals surface area (Å²) in [5.74, 6) is -0.0207. The van der Waals surface area contributed by atoms with Crippen molar-refractivity contribution in [2.45, 2.75) is 77.0 Å². The van der Waals surface area contributed by atoms with Crippen LogP contribution in [0.1, 0.15) is 58.1 Å². The lowest BCUT2D eigenvalue weighted by molar-refractivity contribution is -0.133. The number of fused-ring (bicyclic) bond motifs is 1. The van der Waals surface area contributed by atoms with Gasteiger partial charge in [-0.05, 0) is 61.6 Å². The molecule has 0 radical (unpaired) electrons. The Bertz CT molecular complexity index is 1060. The lowest BCUT2D eigenvalue weighted by Gasteiger charge is -2.29. The number of carbonyl (C=O) groups is 2. The highest BCUT2D eigenvalue weighted by molar-refractivity contribution is 5.92. The van der Waals surface area contributed by atoms with Gasteiger partial charge in [-0.15, -0.1) is 0 Å². The van der Waals surface area contributed by atoms with Crippen LogP contribution in [-0.4, -0.2) is 43.3 Å². The Kier molecular flexibility index (Phi) is 5.08. The van der Waals surface area contributed by atoms with Gasteiger partial charge in [-0.3, -0.25) is 14.3 Å². The molecule has 3 aliphatic rings. The molecule has 2 aromatic rings. The van der Waals surface area contributed by atoms with Crippen LogP contribution in [0.2, 0.25) is 0 Å². The summed E-state index contributed by atoms with van der Waals surface area (Å²) >= 11 is 0. The first kappa shape index (κ1) is 21.1. The van der Waals surface area contributed by atoms with Gasteiger partial charge < -0.3 is 15.7 Å². The number of nitrogens with zero attached hydrogens (tertiary/aromatic N) is 3. The van der Waals surface area contributed by atoms with Gasteiger partial charge >= 0.3 is 0 Å². The molecule has 0 spiro atoms. The molecule has 2 fully saturated rings. The Morgan fingerprint density at radius 1 is 1.25 bits per heavy atom. The van der Waals surface area contributed by atoms with E-state index < -0.39 is 5.60 Å². The highest BCUT2D eigenvalue weighted by Crippen LogP contribution is 2.38. The van der Waals surface area contributed by atoms with Crippen molar-refractivity contribution in [2.75, 3.05) is 5.32 Å². The van der Waals surface area contributed by atoms with E-state index in [-0.39, 0.29) is 29.2 Å². The molecule has 0 aromatic carbocycles. The maximum atomic E-state index is 12.9. The fourth-order valence-electron chi connectivity index (χ4n) is 5.01. The lowest BCUT2D eigenvalue weighted by Crippen LogP contribution is -2.45. The number of aliphatic hydroxyl groups is 1. The molecular formula is C24H31N5O3. The van der Waals surface area contributed by atoms with E-state index in [1.807, 2.05) is 18.3 Å². The molecule has 170 valence electrons. The number of aromatic nitrogens is 3. The van der Waals surface area contributed by atoms with Crippen LogP contribution >= 0.6 is 0 Å². The van der Waals surface area contributed by atoms with Crippen LogP contribution in [0.4, 0.5) is 5.82 Å². The summed E-state index contributed by atoms with van der Waals surface area (Å²) < 4.78 is 2.07. The van der Waals surface area contributed by atoms with E-state index >= 15 is 0 Å². The zero-order chi connectivity index (χ0) is 22.5. The van der Waals surface area contributed by atoms with Crippen molar-refractivity contribution >= 4 is 17.6 Å². The van der Waals surface area contributed by atoms with Crippen molar-refractivity contribution in [3.8, 4) is 11.1 Å². The van der Waals surface area contributed by atoms with E-state index in [1.165, 1.54) is 5.69 Å². The third-order valence-electron chi connectivity index (χ3n) is 7.02. The Morgan fingerprint density at radius 2 is 2.06 bits per heavy atom. The number of hydrogen-bond donors (Lipinski definition) is 3. The molecule has 2 saturated carbocycles. The standard InChI is InChI=1S/C24H31N5O3/c1-23(2)12-19-18(13-26-29(19)14-23)15-6-9-25-20(11-15)28-21(30)16-4-3-5-17(10-16)27-22(31)24(32)7-8-24/h6,9,11,13,16-17,32H,3-5,7-8,10,12,14H2,1-2H3,(H,27,31)(H,25,28,30). The van der Waals surface area contributed by atoms with Crippen LogP contribution in [0.15, 0.2) is 24.5 Å². The van der Waals surface area contributed by atoms with Gasteiger partial charge in [0.05, 0.1) is 6.20 Å². The van der Waals surface area contributed by atoms with Crippen LogP contribution < -0.4 is 10.6 Å². The van der Waals surface area contributed by atoms with Crippen molar-refractivity contribution < 1.29 is 14.7 Å². The number of hydrogen-bond acceptors (Lipinski definition) is 5. The third-order valence-corrected chi connectivity index (χ3v) is 7.02. The van der Waals surface area contributed by atoms with Gasteiger partial charge in [0, 0.05) is 36.0 Å². The minimum Gasteiger partial charge on any atom is -0.380 e. The Balaban J connectivity index is 1.24. The minimum atomic E-state index is -1.18. The van der Waals surface area contributed by atoms with Crippen molar-refractivity contribution in [3.63, 3.8) is 0 Å². The first-order valence-electron chi connectivity index (χ1n) is 11.6. The summed E-state index contributed by atoms with van der Waals surface area (Å²) in [6.45, 7) is 5.40. The van der Waals surface area contributed by atoms with Crippen LogP contribution in [-0.2, 0) is 22.6 Å². The van der Waals surface area contributed by atoms with Crippen LogP contribution in [0.5, 0.6) is 0 Å². The van der Waals surface area contributed by atoms with Crippen molar-refractivity contribution in [1.82, 2.24) is 20.1 Å². The second-order valence-electron chi connectivity index (χ2n) is 10.5. The molecule has 8 nitrogen and oxygen atoms in total. The van der Waals surface area contributed by atoms with Gasteiger partial charge in [-0.2, -0.15) is 5.10 Å². The predicted octanol–water partition coefficient (Wildman–Crippen LogP) is 2.67. The number of amides is 2. The van der Waals surface area contributed by atoms with E-state index in [4.69, 9.17) is 0 Å². The maximum absolute atomic E-state index is 12.9. The normalized spacial score (nSPS) is 25.1. The zero-order valence-electron chi connectivity index (χ0n) is 18.7. The number of pyridine rings is 1. The highest BCUT2D eigenvalue weighted by Gasteiger charge is 2.48. The average molecular weight is 438 g/mol. The Morgan fingerprint density at radius 3 is 2.84 bits per heavy atom. The average Bonchev–Trinajstić information content (AvgIpc) is 3.29. The molecule has 5 rings (SSSR count). The van der Waals surface area contributed by atoms with Crippen molar-refractivity contribution in [1.29, 1.82) is 0 Å². The Hall–Kier alpha value is -2.74. The molecule has 1 aliphatic heterocycles. The summed E-state index contributed by atoms with van der Waals surface area (Å²) in [6.07, 6.45) is 8.70. The second-order valence-corrected chi connectivity index (χ2v) is 10.5. The zero-order valence-corrected chi connectivity index (χ0v) is 18.7. The third kappa shape index (κ3) is 4.16. The van der Waals surface area contributed by atoms with E-state index in [1.54, 1.807) is 6.20 Å². The van der Waals surface area contributed by atoms with Gasteiger partial charge in [-0.1, -0.05) is 20.3 Å². The fraction of sp³-hybridized carbons (Fsp3) is 0.583. The molecular weight excluding hydrogens is 406 g/mol. The van der Waals surface area contributed by atoms with Gasteiger partial charge in [0.2, 0.25) is 5.91 Å². The molecule has 2 atom stereocenters. The van der Waals surface area contributed by atoms with Crippen LogP contribution in [0, 0.1) is 11.3 Å². The molecule has 8 heteroatoms. The van der Waals surface area contributed by atoms with E-state index in [0.29, 0.717) is 25.1 Å². The first-order chi connectivity index (χ1) is 15.2.